The molecule has 0 spiro atoms. The topological polar surface area (TPSA) is 38.3 Å². The van der Waals surface area contributed by atoms with Crippen LogP contribution < -0.4 is 5.32 Å². The van der Waals surface area contributed by atoms with E-state index in [1.807, 2.05) is 6.08 Å². The van der Waals surface area contributed by atoms with Crippen LogP contribution in [0.25, 0.3) is 0 Å². The number of carbonyl (C=O) groups is 1. The summed E-state index contributed by atoms with van der Waals surface area (Å²) in [6.07, 6.45) is 4.29. The van der Waals surface area contributed by atoms with Crippen molar-refractivity contribution in [1.29, 1.82) is 0 Å². The second-order valence-corrected chi connectivity index (χ2v) is 4.12. The predicted molar refractivity (Wildman–Crippen MR) is 62.7 cm³/mol. The summed E-state index contributed by atoms with van der Waals surface area (Å²) in [5.74, 6) is 0.512. The highest BCUT2D eigenvalue weighted by atomic mass is 16.5. The van der Waals surface area contributed by atoms with Crippen LogP contribution in [0.15, 0.2) is 11.6 Å². The number of hydrogen-bond acceptors (Lipinski definition) is 3. The summed E-state index contributed by atoms with van der Waals surface area (Å²) >= 11 is 0. The maximum atomic E-state index is 11.0. The Kier molecular flexibility index (Phi) is 8.01. The van der Waals surface area contributed by atoms with E-state index >= 15 is 0 Å². The van der Waals surface area contributed by atoms with Crippen LogP contribution in [0.2, 0.25) is 0 Å². The third-order valence-corrected chi connectivity index (χ3v) is 2.19. The van der Waals surface area contributed by atoms with Gasteiger partial charge in [-0.05, 0) is 32.2 Å². The molecular formula is C12H23NO2. The van der Waals surface area contributed by atoms with Gasteiger partial charge in [-0.15, -0.1) is 0 Å². The van der Waals surface area contributed by atoms with Gasteiger partial charge in [0.05, 0.1) is 7.11 Å². The Morgan fingerprint density at radius 3 is 2.67 bits per heavy atom. The quantitative estimate of drug-likeness (QED) is 0.400. The van der Waals surface area contributed by atoms with E-state index in [1.165, 1.54) is 20.0 Å². The van der Waals surface area contributed by atoms with E-state index in [1.54, 1.807) is 6.92 Å². The molecule has 0 fully saturated rings. The Morgan fingerprint density at radius 1 is 1.47 bits per heavy atom. The fraction of sp³-hybridized carbons (Fsp3) is 0.750. The fourth-order valence-electron chi connectivity index (χ4n) is 1.21. The fourth-order valence-corrected chi connectivity index (χ4v) is 1.21. The molecule has 0 radical (unpaired) electrons. The molecule has 0 aliphatic rings. The van der Waals surface area contributed by atoms with Crippen LogP contribution >= 0.6 is 0 Å². The lowest BCUT2D eigenvalue weighted by molar-refractivity contribution is -0.136. The van der Waals surface area contributed by atoms with Crippen LogP contribution in [0.4, 0.5) is 0 Å². The molecule has 0 unspecified atom stereocenters. The monoisotopic (exact) mass is 213 g/mol. The Morgan fingerprint density at radius 2 is 2.13 bits per heavy atom. The SMILES string of the molecule is COC(=O)C(C)=CCNCCCC(C)C. The van der Waals surface area contributed by atoms with Crippen LogP contribution in [-0.2, 0) is 9.53 Å². The summed E-state index contributed by atoms with van der Waals surface area (Å²) < 4.78 is 4.59. The minimum atomic E-state index is -0.251. The van der Waals surface area contributed by atoms with Crippen molar-refractivity contribution >= 4 is 5.97 Å². The number of ether oxygens (including phenoxy) is 1. The Balaban J connectivity index is 3.48. The molecule has 0 aliphatic heterocycles. The smallest absolute Gasteiger partial charge is 0.333 e. The zero-order valence-corrected chi connectivity index (χ0v) is 10.3. The third kappa shape index (κ3) is 8.18. The number of nitrogens with one attached hydrogen (secondary N) is 1. The highest BCUT2D eigenvalue weighted by molar-refractivity contribution is 5.87. The minimum Gasteiger partial charge on any atom is -0.466 e. The van der Waals surface area contributed by atoms with Crippen molar-refractivity contribution in [3.8, 4) is 0 Å². The molecule has 15 heavy (non-hydrogen) atoms. The Bertz CT molecular complexity index is 210. The van der Waals surface area contributed by atoms with E-state index in [4.69, 9.17) is 0 Å². The maximum Gasteiger partial charge on any atom is 0.333 e. The molecule has 0 rings (SSSR count). The van der Waals surface area contributed by atoms with Gasteiger partial charge in [0.25, 0.3) is 0 Å². The van der Waals surface area contributed by atoms with Crippen molar-refractivity contribution in [3.05, 3.63) is 11.6 Å². The van der Waals surface area contributed by atoms with Crippen molar-refractivity contribution in [3.63, 3.8) is 0 Å². The summed E-state index contributed by atoms with van der Waals surface area (Å²) in [4.78, 5) is 11.0. The normalized spacial score (nSPS) is 11.9. The zero-order valence-electron chi connectivity index (χ0n) is 10.3. The predicted octanol–water partition coefficient (Wildman–Crippen LogP) is 2.13. The lowest BCUT2D eigenvalue weighted by atomic mass is 10.1. The molecule has 0 heterocycles. The van der Waals surface area contributed by atoms with Crippen molar-refractivity contribution in [2.24, 2.45) is 5.92 Å². The summed E-state index contributed by atoms with van der Waals surface area (Å²) in [6, 6.07) is 0. The van der Waals surface area contributed by atoms with E-state index in [-0.39, 0.29) is 5.97 Å². The number of rotatable bonds is 7. The first-order chi connectivity index (χ1) is 7.07. The first-order valence-electron chi connectivity index (χ1n) is 5.53. The van der Waals surface area contributed by atoms with Crippen molar-refractivity contribution in [2.45, 2.75) is 33.6 Å². The molecule has 0 atom stereocenters. The van der Waals surface area contributed by atoms with Gasteiger partial charge < -0.3 is 10.1 Å². The zero-order chi connectivity index (χ0) is 11.7. The molecule has 3 heteroatoms. The Labute approximate surface area is 92.9 Å². The van der Waals surface area contributed by atoms with Gasteiger partial charge in [-0.1, -0.05) is 19.9 Å². The van der Waals surface area contributed by atoms with Crippen molar-refractivity contribution in [1.82, 2.24) is 5.32 Å². The first-order valence-corrected chi connectivity index (χ1v) is 5.53. The van der Waals surface area contributed by atoms with Gasteiger partial charge in [0.15, 0.2) is 0 Å². The van der Waals surface area contributed by atoms with Gasteiger partial charge in [0.1, 0.15) is 0 Å². The third-order valence-electron chi connectivity index (χ3n) is 2.19. The molecule has 88 valence electrons. The van der Waals surface area contributed by atoms with Gasteiger partial charge in [-0.2, -0.15) is 0 Å². The molecule has 0 saturated carbocycles. The average Bonchev–Trinajstić information content (AvgIpc) is 2.21. The van der Waals surface area contributed by atoms with Gasteiger partial charge in [0.2, 0.25) is 0 Å². The summed E-state index contributed by atoms with van der Waals surface area (Å²) in [5, 5.41) is 3.27. The highest BCUT2D eigenvalue weighted by Crippen LogP contribution is 2.01. The minimum absolute atomic E-state index is 0.251. The lowest BCUT2D eigenvalue weighted by Gasteiger charge is -2.05. The van der Waals surface area contributed by atoms with Gasteiger partial charge in [0, 0.05) is 12.1 Å². The molecular weight excluding hydrogens is 190 g/mol. The molecule has 0 aromatic heterocycles. The summed E-state index contributed by atoms with van der Waals surface area (Å²) in [5.41, 5.74) is 0.661. The molecule has 0 bridgehead atoms. The summed E-state index contributed by atoms with van der Waals surface area (Å²) in [6.45, 7) is 7.95. The molecule has 0 aromatic carbocycles. The molecule has 3 nitrogen and oxygen atoms in total. The molecule has 0 amide bonds. The van der Waals surface area contributed by atoms with Gasteiger partial charge in [-0.25, -0.2) is 4.79 Å². The largest absolute Gasteiger partial charge is 0.466 e. The van der Waals surface area contributed by atoms with E-state index in [0.717, 1.165) is 19.0 Å². The molecule has 0 aliphatic carbocycles. The Hall–Kier alpha value is -0.830. The number of methoxy groups -OCH3 is 1. The average molecular weight is 213 g/mol. The number of esters is 1. The van der Waals surface area contributed by atoms with Crippen molar-refractivity contribution in [2.75, 3.05) is 20.2 Å². The van der Waals surface area contributed by atoms with E-state index in [2.05, 4.69) is 23.9 Å². The van der Waals surface area contributed by atoms with Crippen LogP contribution in [0.3, 0.4) is 0 Å². The van der Waals surface area contributed by atoms with Gasteiger partial charge in [-0.3, -0.25) is 0 Å². The van der Waals surface area contributed by atoms with Crippen molar-refractivity contribution < 1.29 is 9.53 Å². The van der Waals surface area contributed by atoms with E-state index in [9.17, 15) is 4.79 Å². The second kappa shape index (κ2) is 8.48. The molecule has 0 saturated heterocycles. The molecule has 0 aromatic rings. The second-order valence-electron chi connectivity index (χ2n) is 4.12. The highest BCUT2D eigenvalue weighted by Gasteiger charge is 2.00. The first kappa shape index (κ1) is 14.2. The standard InChI is InChI=1S/C12H23NO2/c1-10(2)6-5-8-13-9-7-11(3)12(14)15-4/h7,10,13H,5-6,8-9H2,1-4H3. The number of hydrogen-bond donors (Lipinski definition) is 1. The summed E-state index contributed by atoms with van der Waals surface area (Å²) in [7, 11) is 1.40. The number of carbonyl (C=O) groups excluding carboxylic acids is 1. The van der Waals surface area contributed by atoms with E-state index in [0.29, 0.717) is 5.57 Å². The van der Waals surface area contributed by atoms with Gasteiger partial charge >= 0.3 is 5.97 Å². The van der Waals surface area contributed by atoms with Crippen LogP contribution in [0, 0.1) is 5.92 Å². The van der Waals surface area contributed by atoms with E-state index < -0.39 is 0 Å². The maximum absolute atomic E-state index is 11.0. The lowest BCUT2D eigenvalue weighted by Crippen LogP contribution is -2.16. The molecule has 1 N–H and O–H groups in total. The van der Waals surface area contributed by atoms with Crippen LogP contribution in [-0.4, -0.2) is 26.2 Å². The van der Waals surface area contributed by atoms with Crippen LogP contribution in [0.1, 0.15) is 33.6 Å². The van der Waals surface area contributed by atoms with Crippen LogP contribution in [0.5, 0.6) is 0 Å².